The molecule has 3 aliphatic rings. The van der Waals surface area contributed by atoms with Crippen LogP contribution in [0.2, 0.25) is 0 Å². The summed E-state index contributed by atoms with van der Waals surface area (Å²) in [5, 5.41) is 8.62. The van der Waals surface area contributed by atoms with Crippen LogP contribution in [-0.2, 0) is 11.8 Å². The van der Waals surface area contributed by atoms with E-state index >= 15 is 0 Å². The fourth-order valence-corrected chi connectivity index (χ4v) is 5.56. The second-order valence-electron chi connectivity index (χ2n) is 9.08. The van der Waals surface area contributed by atoms with Crippen molar-refractivity contribution < 1.29 is 4.74 Å². The highest BCUT2D eigenvalue weighted by Gasteiger charge is 2.39. The molecule has 1 saturated heterocycles. The van der Waals surface area contributed by atoms with E-state index in [-0.39, 0.29) is 0 Å². The van der Waals surface area contributed by atoms with Gasteiger partial charge in [0.1, 0.15) is 0 Å². The van der Waals surface area contributed by atoms with Crippen LogP contribution in [0, 0.1) is 18.8 Å². The number of aromatic nitrogens is 3. The van der Waals surface area contributed by atoms with Gasteiger partial charge in [0.2, 0.25) is 0 Å². The van der Waals surface area contributed by atoms with E-state index in [1.807, 2.05) is 11.7 Å². The minimum atomic E-state index is 0.576. The van der Waals surface area contributed by atoms with E-state index in [1.54, 1.807) is 0 Å². The lowest BCUT2D eigenvalue weighted by Gasteiger charge is -2.41. The summed E-state index contributed by atoms with van der Waals surface area (Å²) in [7, 11) is 2.02. The third kappa shape index (κ3) is 3.85. The second-order valence-corrected chi connectivity index (χ2v) is 9.08. The minimum absolute atomic E-state index is 0.576. The molecule has 2 atom stereocenters. The first-order valence-corrected chi connectivity index (χ1v) is 11.2. The van der Waals surface area contributed by atoms with Crippen LogP contribution in [0.4, 0.5) is 0 Å². The average molecular weight is 393 g/mol. The first-order chi connectivity index (χ1) is 14.2. The number of ether oxygens (including phenoxy) is 1. The van der Waals surface area contributed by atoms with Crippen molar-refractivity contribution in [3.05, 3.63) is 53.5 Å². The summed E-state index contributed by atoms with van der Waals surface area (Å²) in [4.78, 5) is 2.63. The van der Waals surface area contributed by atoms with Gasteiger partial charge >= 0.3 is 0 Å². The topological polar surface area (TPSA) is 43.2 Å². The molecule has 0 radical (unpaired) electrons. The van der Waals surface area contributed by atoms with E-state index in [0.717, 1.165) is 37.9 Å². The lowest BCUT2D eigenvalue weighted by Crippen LogP contribution is -2.37. The van der Waals surface area contributed by atoms with Gasteiger partial charge in [-0.3, -0.25) is 0 Å². The van der Waals surface area contributed by atoms with Gasteiger partial charge in [-0.2, -0.15) is 0 Å². The molecule has 2 aliphatic heterocycles. The van der Waals surface area contributed by atoms with E-state index in [1.165, 1.54) is 42.5 Å². The Labute approximate surface area is 173 Å². The van der Waals surface area contributed by atoms with Gasteiger partial charge in [0.15, 0.2) is 0 Å². The summed E-state index contributed by atoms with van der Waals surface area (Å²) in [6.07, 6.45) is 8.52. The van der Waals surface area contributed by atoms with E-state index in [0.29, 0.717) is 17.8 Å². The minimum Gasteiger partial charge on any atom is -0.381 e. The monoisotopic (exact) mass is 392 g/mol. The highest BCUT2D eigenvalue weighted by Crippen LogP contribution is 2.45. The number of aryl methyl sites for hydroxylation is 2. The Bertz CT molecular complexity index is 845. The van der Waals surface area contributed by atoms with Gasteiger partial charge in [-0.25, -0.2) is 4.68 Å². The summed E-state index contributed by atoms with van der Waals surface area (Å²) in [6.45, 7) is 5.05. The summed E-state index contributed by atoms with van der Waals surface area (Å²) in [5.41, 5.74) is 5.16. The number of benzene rings is 1. The number of rotatable bonds is 5. The molecular formula is C24H32N4O. The maximum Gasteiger partial charge on any atom is 0.0885 e. The smallest absolute Gasteiger partial charge is 0.0885 e. The van der Waals surface area contributed by atoms with Gasteiger partial charge in [-0.1, -0.05) is 35.5 Å². The van der Waals surface area contributed by atoms with Crippen molar-refractivity contribution in [1.82, 2.24) is 19.9 Å². The summed E-state index contributed by atoms with van der Waals surface area (Å²) < 4.78 is 7.67. The van der Waals surface area contributed by atoms with E-state index in [4.69, 9.17) is 4.74 Å². The van der Waals surface area contributed by atoms with Gasteiger partial charge in [0.05, 0.1) is 11.4 Å². The Balaban J connectivity index is 1.51. The molecule has 1 saturated carbocycles. The van der Waals surface area contributed by atoms with Crippen LogP contribution in [0.5, 0.6) is 0 Å². The highest BCUT2D eigenvalue weighted by atomic mass is 16.5. The van der Waals surface area contributed by atoms with Crippen molar-refractivity contribution in [2.24, 2.45) is 18.9 Å². The molecule has 1 unspecified atom stereocenters. The number of hydrogen-bond donors (Lipinski definition) is 0. The first-order valence-electron chi connectivity index (χ1n) is 11.2. The van der Waals surface area contributed by atoms with Crippen molar-refractivity contribution in [2.45, 2.75) is 51.0 Å². The maximum atomic E-state index is 5.71. The molecule has 2 aromatic rings. The Morgan fingerprint density at radius 3 is 2.45 bits per heavy atom. The Morgan fingerprint density at radius 2 is 1.79 bits per heavy atom. The van der Waals surface area contributed by atoms with Gasteiger partial charge in [0.25, 0.3) is 0 Å². The standard InChI is InChI=1S/C24H32N4O/c1-17-24(27(2)26-25-17)21-14-20(15-28(16-21)22-8-9-22)23(18-6-4-3-5-7-18)19-10-12-29-13-11-19/h3-7,16,19-20,22-23H,8-15H2,1-2H3/t20?,23-/m0/s1. The quantitative estimate of drug-likeness (QED) is 0.766. The van der Waals surface area contributed by atoms with Crippen molar-refractivity contribution >= 4 is 5.57 Å². The molecular weight excluding hydrogens is 360 g/mol. The van der Waals surface area contributed by atoms with Crippen LogP contribution < -0.4 is 0 Å². The number of nitrogens with zero attached hydrogens (tertiary/aromatic N) is 4. The zero-order valence-electron chi connectivity index (χ0n) is 17.6. The molecule has 154 valence electrons. The molecule has 5 nitrogen and oxygen atoms in total. The van der Waals surface area contributed by atoms with Crippen LogP contribution in [0.3, 0.4) is 0 Å². The molecule has 3 heterocycles. The van der Waals surface area contributed by atoms with Gasteiger partial charge in [0, 0.05) is 39.0 Å². The molecule has 5 rings (SSSR count). The van der Waals surface area contributed by atoms with Crippen molar-refractivity contribution in [2.75, 3.05) is 19.8 Å². The van der Waals surface area contributed by atoms with E-state index in [9.17, 15) is 0 Å². The van der Waals surface area contributed by atoms with Gasteiger partial charge in [-0.05, 0) is 67.9 Å². The average Bonchev–Trinajstić information content (AvgIpc) is 3.55. The summed E-state index contributed by atoms with van der Waals surface area (Å²) >= 11 is 0. The predicted molar refractivity (Wildman–Crippen MR) is 114 cm³/mol. The molecule has 0 amide bonds. The van der Waals surface area contributed by atoms with Crippen LogP contribution in [0.15, 0.2) is 36.5 Å². The molecule has 1 aromatic carbocycles. The van der Waals surface area contributed by atoms with E-state index in [2.05, 4.69) is 58.7 Å². The van der Waals surface area contributed by atoms with Gasteiger partial charge < -0.3 is 9.64 Å². The van der Waals surface area contributed by atoms with Gasteiger partial charge in [-0.15, -0.1) is 5.10 Å². The molecule has 1 aromatic heterocycles. The second kappa shape index (κ2) is 7.94. The Hall–Kier alpha value is -2.14. The fraction of sp³-hybridized carbons (Fsp3) is 0.583. The summed E-state index contributed by atoms with van der Waals surface area (Å²) in [5.74, 6) is 1.88. The van der Waals surface area contributed by atoms with Crippen LogP contribution in [-0.4, -0.2) is 45.7 Å². The van der Waals surface area contributed by atoms with Crippen LogP contribution >= 0.6 is 0 Å². The maximum absolute atomic E-state index is 5.71. The van der Waals surface area contributed by atoms with Crippen LogP contribution in [0.1, 0.15) is 55.0 Å². The Morgan fingerprint density at radius 1 is 1.03 bits per heavy atom. The molecule has 2 fully saturated rings. The molecule has 0 spiro atoms. The number of hydrogen-bond acceptors (Lipinski definition) is 4. The predicted octanol–water partition coefficient (Wildman–Crippen LogP) is 4.16. The zero-order valence-corrected chi connectivity index (χ0v) is 17.6. The largest absolute Gasteiger partial charge is 0.381 e. The van der Waals surface area contributed by atoms with Crippen LogP contribution in [0.25, 0.3) is 5.57 Å². The van der Waals surface area contributed by atoms with Crippen molar-refractivity contribution in [1.29, 1.82) is 0 Å². The Kier molecular flexibility index (Phi) is 5.17. The highest BCUT2D eigenvalue weighted by molar-refractivity contribution is 5.65. The fourth-order valence-electron chi connectivity index (χ4n) is 5.56. The molecule has 0 N–H and O–H groups in total. The molecule has 29 heavy (non-hydrogen) atoms. The third-order valence-electron chi connectivity index (χ3n) is 7.03. The molecule has 5 heteroatoms. The number of allylic oxidation sites excluding steroid dienone is 1. The third-order valence-corrected chi connectivity index (χ3v) is 7.03. The summed E-state index contributed by atoms with van der Waals surface area (Å²) in [6, 6.07) is 12.0. The van der Waals surface area contributed by atoms with Crippen molar-refractivity contribution in [3.63, 3.8) is 0 Å². The van der Waals surface area contributed by atoms with E-state index < -0.39 is 0 Å². The lowest BCUT2D eigenvalue weighted by atomic mass is 9.70. The lowest BCUT2D eigenvalue weighted by molar-refractivity contribution is 0.0470. The van der Waals surface area contributed by atoms with Crippen molar-refractivity contribution in [3.8, 4) is 0 Å². The zero-order chi connectivity index (χ0) is 19.8. The first kappa shape index (κ1) is 18.9. The molecule has 0 bridgehead atoms. The molecule has 1 aliphatic carbocycles. The normalized spacial score (nSPS) is 24.4. The SMILES string of the molecule is Cc1nnn(C)c1C1=CN(C2CC2)CC([C@@H](c2ccccc2)C2CCOCC2)C1.